The van der Waals surface area contributed by atoms with E-state index < -0.39 is 0 Å². The van der Waals surface area contributed by atoms with Crippen LogP contribution < -0.4 is 10.6 Å². The molecule has 0 saturated heterocycles. The van der Waals surface area contributed by atoms with Crippen LogP contribution in [0.25, 0.3) is 0 Å². The van der Waals surface area contributed by atoms with Crippen LogP contribution in [0.3, 0.4) is 0 Å². The number of nitrogens with zero attached hydrogens (tertiary/aromatic N) is 1. The Balaban J connectivity index is 1.65. The maximum atomic E-state index is 12.4. The third-order valence-corrected chi connectivity index (χ3v) is 4.26. The molecule has 0 bridgehead atoms. The van der Waals surface area contributed by atoms with Gasteiger partial charge in [0.15, 0.2) is 0 Å². The van der Waals surface area contributed by atoms with Gasteiger partial charge in [-0.15, -0.1) is 0 Å². The molecule has 28 heavy (non-hydrogen) atoms. The number of pyridine rings is 1. The van der Waals surface area contributed by atoms with Gasteiger partial charge in [-0.1, -0.05) is 11.6 Å². The van der Waals surface area contributed by atoms with Crippen molar-refractivity contribution in [3.8, 4) is 0 Å². The van der Waals surface area contributed by atoms with Gasteiger partial charge in [-0.05, 0) is 67.1 Å². The molecule has 1 aromatic heterocycles. The van der Waals surface area contributed by atoms with Crippen LogP contribution in [0.15, 0.2) is 60.8 Å². The fraction of sp³-hybridized carbons (Fsp3) is 0.0952. The van der Waals surface area contributed by atoms with Gasteiger partial charge in [0, 0.05) is 16.4 Å². The van der Waals surface area contributed by atoms with Crippen LogP contribution in [0.5, 0.6) is 0 Å². The second-order valence-corrected chi connectivity index (χ2v) is 6.48. The van der Waals surface area contributed by atoms with Crippen molar-refractivity contribution in [3.63, 3.8) is 0 Å². The summed E-state index contributed by atoms with van der Waals surface area (Å²) in [7, 11) is 1.34. The van der Waals surface area contributed by atoms with Gasteiger partial charge >= 0.3 is 5.97 Å². The van der Waals surface area contributed by atoms with Crippen molar-refractivity contribution in [3.05, 3.63) is 82.6 Å². The number of benzene rings is 2. The summed E-state index contributed by atoms with van der Waals surface area (Å²) in [5, 5.41) is 6.59. The molecule has 2 aromatic carbocycles. The molecule has 142 valence electrons. The number of aromatic nitrogens is 1. The van der Waals surface area contributed by atoms with E-state index in [0.29, 0.717) is 27.7 Å². The highest BCUT2D eigenvalue weighted by Crippen LogP contribution is 2.21. The van der Waals surface area contributed by atoms with Crippen molar-refractivity contribution >= 4 is 40.5 Å². The highest BCUT2D eigenvalue weighted by molar-refractivity contribution is 6.30. The molecule has 0 atom stereocenters. The van der Waals surface area contributed by atoms with Gasteiger partial charge in [0.05, 0.1) is 24.6 Å². The number of methoxy groups -OCH3 is 1. The second kappa shape index (κ2) is 8.54. The monoisotopic (exact) mass is 395 g/mol. The first-order valence-corrected chi connectivity index (χ1v) is 8.83. The molecule has 3 rings (SSSR count). The average Bonchev–Trinajstić information content (AvgIpc) is 2.70. The predicted molar refractivity (Wildman–Crippen MR) is 109 cm³/mol. The third kappa shape index (κ3) is 4.66. The quantitative estimate of drug-likeness (QED) is 0.605. The molecule has 0 radical (unpaired) electrons. The van der Waals surface area contributed by atoms with E-state index in [-0.39, 0.29) is 11.9 Å². The van der Waals surface area contributed by atoms with E-state index in [1.807, 2.05) is 6.92 Å². The number of halogens is 1. The minimum atomic E-state index is -0.389. The number of ether oxygens (including phenoxy) is 1. The Morgan fingerprint density at radius 1 is 1.00 bits per heavy atom. The number of amides is 1. The Morgan fingerprint density at radius 2 is 1.71 bits per heavy atom. The lowest BCUT2D eigenvalue weighted by Crippen LogP contribution is -2.14. The van der Waals surface area contributed by atoms with Crippen LogP contribution in [0.1, 0.15) is 26.4 Å². The Kier molecular flexibility index (Phi) is 5.91. The first-order valence-electron chi connectivity index (χ1n) is 8.45. The zero-order valence-electron chi connectivity index (χ0n) is 15.3. The second-order valence-electron chi connectivity index (χ2n) is 6.04. The van der Waals surface area contributed by atoms with Gasteiger partial charge in [-0.25, -0.2) is 9.78 Å². The maximum absolute atomic E-state index is 12.4. The molecule has 0 aliphatic rings. The van der Waals surface area contributed by atoms with E-state index in [4.69, 9.17) is 11.6 Å². The van der Waals surface area contributed by atoms with Crippen LogP contribution in [0, 0.1) is 6.92 Å². The van der Waals surface area contributed by atoms with Gasteiger partial charge in [-0.3, -0.25) is 4.79 Å². The molecule has 1 heterocycles. The van der Waals surface area contributed by atoms with Crippen LogP contribution in [0.4, 0.5) is 17.1 Å². The topological polar surface area (TPSA) is 80.3 Å². The average molecular weight is 396 g/mol. The number of carbonyl (C=O) groups excluding carboxylic acids is 2. The molecule has 0 spiro atoms. The molecule has 6 nitrogen and oxygen atoms in total. The van der Waals surface area contributed by atoms with Gasteiger partial charge in [0.1, 0.15) is 5.69 Å². The van der Waals surface area contributed by atoms with Crippen LogP contribution in [-0.4, -0.2) is 24.0 Å². The molecule has 7 heteroatoms. The Morgan fingerprint density at radius 3 is 2.32 bits per heavy atom. The Hall–Kier alpha value is -3.38. The van der Waals surface area contributed by atoms with Gasteiger partial charge in [-0.2, -0.15) is 0 Å². The van der Waals surface area contributed by atoms with Crippen molar-refractivity contribution in [2.24, 2.45) is 0 Å². The first-order chi connectivity index (χ1) is 13.5. The molecule has 0 aliphatic carbocycles. The maximum Gasteiger partial charge on any atom is 0.337 e. The van der Waals surface area contributed by atoms with Gasteiger partial charge in [0.2, 0.25) is 0 Å². The van der Waals surface area contributed by atoms with Crippen LogP contribution in [-0.2, 0) is 4.74 Å². The minimum Gasteiger partial charge on any atom is -0.465 e. The zero-order chi connectivity index (χ0) is 20.1. The summed E-state index contributed by atoms with van der Waals surface area (Å²) in [6.07, 6.45) is 1.57. The summed E-state index contributed by atoms with van der Waals surface area (Å²) in [5.74, 6) is -0.695. The molecular formula is C21H18ClN3O3. The number of aryl methyl sites for hydroxylation is 1. The van der Waals surface area contributed by atoms with Crippen molar-refractivity contribution in [2.45, 2.75) is 6.92 Å². The third-order valence-electron chi connectivity index (χ3n) is 4.03. The number of anilines is 3. The van der Waals surface area contributed by atoms with Crippen LogP contribution in [0.2, 0.25) is 5.02 Å². The van der Waals surface area contributed by atoms with Crippen molar-refractivity contribution in [2.75, 3.05) is 17.7 Å². The Labute approximate surface area is 167 Å². The van der Waals surface area contributed by atoms with Crippen LogP contribution >= 0.6 is 11.6 Å². The van der Waals surface area contributed by atoms with E-state index >= 15 is 0 Å². The normalized spacial score (nSPS) is 10.2. The van der Waals surface area contributed by atoms with Crippen molar-refractivity contribution in [1.29, 1.82) is 0 Å². The first kappa shape index (κ1) is 19.4. The van der Waals surface area contributed by atoms with Crippen molar-refractivity contribution in [1.82, 2.24) is 4.98 Å². The summed E-state index contributed by atoms with van der Waals surface area (Å²) >= 11 is 5.93. The fourth-order valence-electron chi connectivity index (χ4n) is 2.53. The predicted octanol–water partition coefficient (Wildman–Crippen LogP) is 4.83. The Bertz CT molecular complexity index is 1000. The number of rotatable bonds is 5. The molecule has 1 amide bonds. The molecule has 2 N–H and O–H groups in total. The summed E-state index contributed by atoms with van der Waals surface area (Å²) < 4.78 is 4.67. The smallest absolute Gasteiger partial charge is 0.337 e. The molecule has 0 aliphatic heterocycles. The lowest BCUT2D eigenvalue weighted by atomic mass is 10.2. The summed E-state index contributed by atoms with van der Waals surface area (Å²) in [6.45, 7) is 1.87. The van der Waals surface area contributed by atoms with E-state index in [0.717, 1.165) is 11.3 Å². The highest BCUT2D eigenvalue weighted by atomic mass is 35.5. The fourth-order valence-corrected chi connectivity index (χ4v) is 2.76. The SMILES string of the molecule is COC(=O)c1ccc(Nc2ccc(C(=O)Nc3ccc(Cl)cc3C)nc2)cc1. The summed E-state index contributed by atoms with van der Waals surface area (Å²) in [5.41, 5.74) is 3.81. The van der Waals surface area contributed by atoms with E-state index in [2.05, 4.69) is 20.4 Å². The lowest BCUT2D eigenvalue weighted by Gasteiger charge is -2.10. The van der Waals surface area contributed by atoms with Crippen molar-refractivity contribution < 1.29 is 14.3 Å². The molecule has 3 aromatic rings. The standard InChI is InChI=1S/C21H18ClN3O3/c1-13-11-15(22)5-9-18(13)25-20(26)19-10-8-17(12-23-19)24-16-6-3-14(4-7-16)21(27)28-2/h3-12,24H,1-2H3,(H,25,26). The molecule has 0 saturated carbocycles. The van der Waals surface area contributed by atoms with E-state index in [9.17, 15) is 9.59 Å². The molecule has 0 unspecified atom stereocenters. The summed E-state index contributed by atoms with van der Waals surface area (Å²) in [6, 6.07) is 15.5. The number of esters is 1. The number of hydrogen-bond acceptors (Lipinski definition) is 5. The minimum absolute atomic E-state index is 0.293. The molecule has 0 fully saturated rings. The number of carbonyl (C=O) groups is 2. The largest absolute Gasteiger partial charge is 0.465 e. The highest BCUT2D eigenvalue weighted by Gasteiger charge is 2.10. The zero-order valence-corrected chi connectivity index (χ0v) is 16.1. The van der Waals surface area contributed by atoms with Gasteiger partial charge < -0.3 is 15.4 Å². The summed E-state index contributed by atoms with van der Waals surface area (Å²) in [4.78, 5) is 28.0. The van der Waals surface area contributed by atoms with Gasteiger partial charge in [0.25, 0.3) is 5.91 Å². The molecular weight excluding hydrogens is 378 g/mol. The lowest BCUT2D eigenvalue weighted by molar-refractivity contribution is 0.0600. The number of hydrogen-bond donors (Lipinski definition) is 2. The van der Waals surface area contributed by atoms with E-state index in [1.165, 1.54) is 7.11 Å². The van der Waals surface area contributed by atoms with E-state index in [1.54, 1.807) is 60.8 Å². The number of nitrogens with one attached hydrogen (secondary N) is 2.